The number of aromatic nitrogens is 2. The molecule has 1 aromatic heterocycles. The zero-order valence-electron chi connectivity index (χ0n) is 14.7. The molecule has 2 aromatic rings. The van der Waals surface area contributed by atoms with Crippen LogP contribution in [0.4, 0.5) is 4.39 Å². The van der Waals surface area contributed by atoms with Crippen LogP contribution in [0.15, 0.2) is 24.3 Å². The first kappa shape index (κ1) is 17.6. The number of piperazine rings is 1. The van der Waals surface area contributed by atoms with Crippen LogP contribution >= 0.6 is 0 Å². The Morgan fingerprint density at radius 1 is 1.24 bits per heavy atom. The highest BCUT2D eigenvalue weighted by atomic mass is 19.1. The summed E-state index contributed by atoms with van der Waals surface area (Å²) in [6, 6.07) is 6.08. The van der Waals surface area contributed by atoms with E-state index in [0.717, 1.165) is 44.1 Å². The number of hydrogen-bond acceptors (Lipinski definition) is 4. The molecule has 1 amide bonds. The minimum Gasteiger partial charge on any atom is -0.351 e. The molecule has 0 spiro atoms. The summed E-state index contributed by atoms with van der Waals surface area (Å²) >= 11 is 0. The van der Waals surface area contributed by atoms with Gasteiger partial charge in [-0.1, -0.05) is 0 Å². The first-order valence-electron chi connectivity index (χ1n) is 8.59. The van der Waals surface area contributed by atoms with Crippen LogP contribution in [0.2, 0.25) is 0 Å². The van der Waals surface area contributed by atoms with Gasteiger partial charge in [0.25, 0.3) is 5.91 Å². The number of nitrogens with one attached hydrogen (secondary N) is 2. The van der Waals surface area contributed by atoms with Crippen molar-refractivity contribution >= 4 is 5.91 Å². The van der Waals surface area contributed by atoms with Crippen molar-refractivity contribution in [1.82, 2.24) is 25.3 Å². The Hall–Kier alpha value is -2.25. The Kier molecular flexibility index (Phi) is 5.45. The molecule has 7 heteroatoms. The lowest BCUT2D eigenvalue weighted by Crippen LogP contribution is -2.46. The number of carbonyl (C=O) groups excluding carboxylic acids is 1. The van der Waals surface area contributed by atoms with Crippen LogP contribution in [0, 0.1) is 19.7 Å². The van der Waals surface area contributed by atoms with Crippen molar-refractivity contribution in [1.29, 1.82) is 0 Å². The van der Waals surface area contributed by atoms with E-state index in [0.29, 0.717) is 17.8 Å². The quantitative estimate of drug-likeness (QED) is 0.857. The molecule has 0 saturated carbocycles. The van der Waals surface area contributed by atoms with Gasteiger partial charge in [-0.3, -0.25) is 9.69 Å². The predicted octanol–water partition coefficient (Wildman–Crippen LogP) is 1.26. The first-order chi connectivity index (χ1) is 12.1. The van der Waals surface area contributed by atoms with Crippen molar-refractivity contribution in [2.75, 3.05) is 39.3 Å². The Morgan fingerprint density at radius 2 is 1.92 bits per heavy atom. The SMILES string of the molecule is Cc1nn(-c2ccc(F)cc2)c(C)c1C(=O)NCCN1CCNCC1. The fourth-order valence-corrected chi connectivity index (χ4v) is 3.16. The molecule has 1 aliphatic rings. The van der Waals surface area contributed by atoms with E-state index < -0.39 is 0 Å². The van der Waals surface area contributed by atoms with E-state index in [1.165, 1.54) is 12.1 Å². The number of benzene rings is 1. The molecule has 0 unspecified atom stereocenters. The van der Waals surface area contributed by atoms with Crippen LogP contribution in [0.3, 0.4) is 0 Å². The van der Waals surface area contributed by atoms with Gasteiger partial charge in [0.15, 0.2) is 0 Å². The van der Waals surface area contributed by atoms with Crippen LogP contribution in [0.5, 0.6) is 0 Å². The summed E-state index contributed by atoms with van der Waals surface area (Å²) in [6.45, 7) is 9.14. The van der Waals surface area contributed by atoms with Gasteiger partial charge in [0.05, 0.1) is 22.6 Å². The van der Waals surface area contributed by atoms with Crippen LogP contribution < -0.4 is 10.6 Å². The second kappa shape index (κ2) is 7.76. The molecule has 0 radical (unpaired) electrons. The summed E-state index contributed by atoms with van der Waals surface area (Å²) < 4.78 is 14.8. The van der Waals surface area contributed by atoms with E-state index in [-0.39, 0.29) is 11.7 Å². The fourth-order valence-electron chi connectivity index (χ4n) is 3.16. The molecular formula is C18H24FN5O. The smallest absolute Gasteiger partial charge is 0.255 e. The third kappa shape index (κ3) is 4.05. The van der Waals surface area contributed by atoms with Crippen molar-refractivity contribution in [3.05, 3.63) is 47.0 Å². The zero-order chi connectivity index (χ0) is 17.8. The van der Waals surface area contributed by atoms with Gasteiger partial charge in [-0.25, -0.2) is 9.07 Å². The second-order valence-corrected chi connectivity index (χ2v) is 6.28. The average molecular weight is 345 g/mol. The largest absolute Gasteiger partial charge is 0.351 e. The molecule has 1 aliphatic heterocycles. The van der Waals surface area contributed by atoms with E-state index >= 15 is 0 Å². The summed E-state index contributed by atoms with van der Waals surface area (Å²) in [5.74, 6) is -0.408. The van der Waals surface area contributed by atoms with E-state index in [2.05, 4.69) is 20.6 Å². The maximum atomic E-state index is 13.1. The van der Waals surface area contributed by atoms with Crippen molar-refractivity contribution in [2.45, 2.75) is 13.8 Å². The van der Waals surface area contributed by atoms with Crippen molar-refractivity contribution < 1.29 is 9.18 Å². The minimum absolute atomic E-state index is 0.113. The van der Waals surface area contributed by atoms with Crippen molar-refractivity contribution in [3.8, 4) is 5.69 Å². The lowest BCUT2D eigenvalue weighted by molar-refractivity contribution is 0.0946. The van der Waals surface area contributed by atoms with Gasteiger partial charge in [-0.15, -0.1) is 0 Å². The second-order valence-electron chi connectivity index (χ2n) is 6.28. The molecule has 1 saturated heterocycles. The maximum Gasteiger partial charge on any atom is 0.255 e. The van der Waals surface area contributed by atoms with Gasteiger partial charge in [0.1, 0.15) is 5.82 Å². The van der Waals surface area contributed by atoms with Crippen molar-refractivity contribution in [2.24, 2.45) is 0 Å². The summed E-state index contributed by atoms with van der Waals surface area (Å²) in [6.07, 6.45) is 0. The van der Waals surface area contributed by atoms with E-state index in [9.17, 15) is 9.18 Å². The minimum atomic E-state index is -0.295. The van der Waals surface area contributed by atoms with Gasteiger partial charge in [-0.05, 0) is 38.1 Å². The first-order valence-corrected chi connectivity index (χ1v) is 8.59. The Balaban J connectivity index is 1.67. The highest BCUT2D eigenvalue weighted by Gasteiger charge is 2.19. The van der Waals surface area contributed by atoms with Gasteiger partial charge >= 0.3 is 0 Å². The molecule has 1 fully saturated rings. The fraction of sp³-hybridized carbons (Fsp3) is 0.444. The summed E-state index contributed by atoms with van der Waals surface area (Å²) in [7, 11) is 0. The lowest BCUT2D eigenvalue weighted by atomic mass is 10.2. The molecule has 0 bridgehead atoms. The van der Waals surface area contributed by atoms with Gasteiger partial charge in [0, 0.05) is 39.3 Å². The van der Waals surface area contributed by atoms with E-state index in [1.54, 1.807) is 16.8 Å². The third-order valence-corrected chi connectivity index (χ3v) is 4.51. The molecule has 1 aromatic carbocycles. The standard InChI is InChI=1S/C18H24FN5O/c1-13-17(18(25)21-9-12-23-10-7-20-8-11-23)14(2)24(22-13)16-5-3-15(19)4-6-16/h3-6,20H,7-12H2,1-2H3,(H,21,25). The van der Waals surface area contributed by atoms with Gasteiger partial charge in [0.2, 0.25) is 0 Å². The van der Waals surface area contributed by atoms with Crippen LogP contribution in [-0.4, -0.2) is 59.9 Å². The summed E-state index contributed by atoms with van der Waals surface area (Å²) in [5.41, 5.74) is 2.75. The van der Waals surface area contributed by atoms with Gasteiger partial charge in [-0.2, -0.15) is 5.10 Å². The number of rotatable bonds is 5. The molecule has 3 rings (SSSR count). The monoisotopic (exact) mass is 345 g/mol. The van der Waals surface area contributed by atoms with Gasteiger partial charge < -0.3 is 10.6 Å². The van der Waals surface area contributed by atoms with Crippen LogP contribution in [0.1, 0.15) is 21.7 Å². The Bertz CT molecular complexity index is 735. The normalized spacial score (nSPS) is 15.3. The number of nitrogens with zero attached hydrogens (tertiary/aromatic N) is 3. The van der Waals surface area contributed by atoms with Crippen LogP contribution in [0.25, 0.3) is 5.69 Å². The molecule has 0 atom stereocenters. The van der Waals surface area contributed by atoms with Crippen LogP contribution in [-0.2, 0) is 0 Å². The number of amides is 1. The number of carbonyl (C=O) groups is 1. The maximum absolute atomic E-state index is 13.1. The summed E-state index contributed by atoms with van der Waals surface area (Å²) in [4.78, 5) is 14.9. The zero-order valence-corrected chi connectivity index (χ0v) is 14.7. The number of hydrogen-bond donors (Lipinski definition) is 2. The highest BCUT2D eigenvalue weighted by molar-refractivity contribution is 5.96. The lowest BCUT2D eigenvalue weighted by Gasteiger charge is -2.27. The van der Waals surface area contributed by atoms with E-state index in [4.69, 9.17) is 0 Å². The molecular weight excluding hydrogens is 321 g/mol. The average Bonchev–Trinajstić information content (AvgIpc) is 2.91. The molecule has 134 valence electrons. The van der Waals surface area contributed by atoms with E-state index in [1.807, 2.05) is 13.8 Å². The summed E-state index contributed by atoms with van der Waals surface area (Å²) in [5, 5.41) is 10.7. The Labute approximate surface area is 147 Å². The predicted molar refractivity (Wildman–Crippen MR) is 94.6 cm³/mol. The Morgan fingerprint density at radius 3 is 2.60 bits per heavy atom. The molecule has 2 N–H and O–H groups in total. The molecule has 25 heavy (non-hydrogen) atoms. The molecule has 2 heterocycles. The highest BCUT2D eigenvalue weighted by Crippen LogP contribution is 2.18. The van der Waals surface area contributed by atoms with Crippen molar-refractivity contribution in [3.63, 3.8) is 0 Å². The number of halogens is 1. The third-order valence-electron chi connectivity index (χ3n) is 4.51. The molecule has 6 nitrogen and oxygen atoms in total. The topological polar surface area (TPSA) is 62.2 Å². The molecule has 0 aliphatic carbocycles. The number of aryl methyl sites for hydroxylation is 1.